The van der Waals surface area contributed by atoms with Crippen molar-refractivity contribution in [3.8, 4) is 5.75 Å². The van der Waals surface area contributed by atoms with Gasteiger partial charge in [0.05, 0.1) is 13.1 Å². The number of likely N-dealkylation sites (tertiary alicyclic amines) is 1. The van der Waals surface area contributed by atoms with Crippen molar-refractivity contribution < 1.29 is 14.4 Å². The third kappa shape index (κ3) is 4.49. The molecule has 1 aliphatic rings. The molecule has 27 heavy (non-hydrogen) atoms. The van der Waals surface area contributed by atoms with Gasteiger partial charge in [0.25, 0.3) is 0 Å². The number of hydrogen-bond acceptors (Lipinski definition) is 3. The Morgan fingerprint density at radius 1 is 1.15 bits per heavy atom. The van der Waals surface area contributed by atoms with Crippen LogP contribution in [0.25, 0.3) is 11.0 Å². The highest BCUT2D eigenvalue weighted by Gasteiger charge is 2.20. The summed E-state index contributed by atoms with van der Waals surface area (Å²) in [5, 5.41) is 13.7. The molecule has 1 aromatic carbocycles. The molecule has 5 heteroatoms. The van der Waals surface area contributed by atoms with Crippen LogP contribution in [0.2, 0.25) is 5.02 Å². The number of aryl methyl sites for hydroxylation is 1. The maximum Gasteiger partial charge on any atom is 0.339 e. The van der Waals surface area contributed by atoms with Gasteiger partial charge in [0.2, 0.25) is 0 Å². The van der Waals surface area contributed by atoms with E-state index >= 15 is 0 Å². The van der Waals surface area contributed by atoms with Gasteiger partial charge in [-0.05, 0) is 50.7 Å². The molecule has 0 atom stereocenters. The van der Waals surface area contributed by atoms with Crippen molar-refractivity contribution >= 4 is 22.6 Å². The van der Waals surface area contributed by atoms with Crippen LogP contribution in [0.4, 0.5) is 0 Å². The first-order valence-corrected chi connectivity index (χ1v) is 10.7. The van der Waals surface area contributed by atoms with Crippen molar-refractivity contribution in [2.45, 2.75) is 71.8 Å². The molecular weight excluding hydrogens is 362 g/mol. The van der Waals surface area contributed by atoms with Crippen LogP contribution in [0.15, 0.2) is 15.3 Å². The topological polar surface area (TPSA) is 57.7 Å². The maximum absolute atomic E-state index is 12.7. The summed E-state index contributed by atoms with van der Waals surface area (Å²) < 4.78 is 5.71. The van der Waals surface area contributed by atoms with E-state index in [1.54, 1.807) is 6.07 Å². The normalized spacial score (nSPS) is 15.5. The Morgan fingerprint density at radius 3 is 2.59 bits per heavy atom. The van der Waals surface area contributed by atoms with Gasteiger partial charge in [0, 0.05) is 21.5 Å². The molecule has 1 aromatic heterocycles. The third-order valence-corrected chi connectivity index (χ3v) is 6.13. The Kier molecular flexibility index (Phi) is 6.83. The predicted molar refractivity (Wildman–Crippen MR) is 108 cm³/mol. The quantitative estimate of drug-likeness (QED) is 0.580. The number of quaternary nitrogens is 1. The summed E-state index contributed by atoms with van der Waals surface area (Å²) in [5.74, 6) is -0.194. The summed E-state index contributed by atoms with van der Waals surface area (Å²) in [6.07, 6.45) is 8.73. The molecule has 4 nitrogen and oxygen atoms in total. The molecule has 1 N–H and O–H groups in total. The van der Waals surface area contributed by atoms with Gasteiger partial charge in [-0.2, -0.15) is 0 Å². The van der Waals surface area contributed by atoms with Crippen LogP contribution in [-0.2, 0) is 13.0 Å². The number of hydrogen-bond donors (Lipinski definition) is 1. The van der Waals surface area contributed by atoms with Crippen molar-refractivity contribution in [3.05, 3.63) is 38.2 Å². The first kappa shape index (κ1) is 20.2. The Morgan fingerprint density at radius 2 is 1.89 bits per heavy atom. The maximum atomic E-state index is 12.7. The van der Waals surface area contributed by atoms with Gasteiger partial charge in [0.15, 0.2) is 0 Å². The van der Waals surface area contributed by atoms with Crippen LogP contribution in [0, 0.1) is 6.92 Å². The fourth-order valence-corrected chi connectivity index (χ4v) is 4.41. The van der Waals surface area contributed by atoms with Crippen LogP contribution in [0.1, 0.15) is 68.6 Å². The molecule has 0 spiro atoms. The van der Waals surface area contributed by atoms with E-state index in [0.717, 1.165) is 48.9 Å². The lowest BCUT2D eigenvalue weighted by Gasteiger charge is -2.26. The van der Waals surface area contributed by atoms with Gasteiger partial charge >= 0.3 is 5.63 Å². The van der Waals surface area contributed by atoms with E-state index in [4.69, 9.17) is 16.0 Å². The summed E-state index contributed by atoms with van der Waals surface area (Å²) in [7, 11) is 0. The highest BCUT2D eigenvalue weighted by Crippen LogP contribution is 2.34. The molecule has 0 amide bonds. The van der Waals surface area contributed by atoms with Gasteiger partial charge < -0.3 is 14.4 Å². The molecule has 1 aliphatic heterocycles. The zero-order chi connectivity index (χ0) is 19.4. The Balaban J connectivity index is 2.00. The van der Waals surface area contributed by atoms with Crippen LogP contribution in [0.3, 0.4) is 0 Å². The summed E-state index contributed by atoms with van der Waals surface area (Å²) in [6, 6.07) is 1.68. The Hall–Kier alpha value is -1.52. The standard InChI is InChI=1S/C22H30ClNO3/c1-3-4-5-7-10-16-15(2)17-13-19(23)20(25)18(21(17)27-22(16)26)14-24-11-8-6-9-12-24/h13,25H,3-12,14H2,1-2H3. The van der Waals surface area contributed by atoms with Crippen molar-refractivity contribution in [1.82, 2.24) is 0 Å². The molecule has 2 heterocycles. The summed E-state index contributed by atoms with van der Waals surface area (Å²) in [4.78, 5) is 14.0. The predicted octanol–water partition coefficient (Wildman–Crippen LogP) is 3.52. The van der Waals surface area contributed by atoms with Gasteiger partial charge in [-0.3, -0.25) is 0 Å². The third-order valence-electron chi connectivity index (χ3n) is 5.85. The minimum Gasteiger partial charge on any atom is -0.871 e. The zero-order valence-corrected chi connectivity index (χ0v) is 17.2. The average molecular weight is 392 g/mol. The highest BCUT2D eigenvalue weighted by molar-refractivity contribution is 6.33. The number of benzene rings is 1. The lowest BCUT2D eigenvalue weighted by atomic mass is 9.98. The van der Waals surface area contributed by atoms with Crippen molar-refractivity contribution in [2.75, 3.05) is 13.1 Å². The number of piperidine rings is 1. The van der Waals surface area contributed by atoms with Gasteiger partial charge in [-0.25, -0.2) is 4.79 Å². The minimum absolute atomic E-state index is 0.194. The van der Waals surface area contributed by atoms with E-state index in [1.165, 1.54) is 30.6 Å². The van der Waals surface area contributed by atoms with E-state index in [1.807, 2.05) is 6.92 Å². The number of fused-ring (bicyclic) bond motifs is 1. The first-order chi connectivity index (χ1) is 13.0. The lowest BCUT2D eigenvalue weighted by molar-refractivity contribution is -0.918. The van der Waals surface area contributed by atoms with Crippen LogP contribution in [0.5, 0.6) is 5.75 Å². The molecule has 0 saturated carbocycles. The smallest absolute Gasteiger partial charge is 0.339 e. The van der Waals surface area contributed by atoms with E-state index in [2.05, 4.69) is 6.92 Å². The zero-order valence-electron chi connectivity index (χ0n) is 16.5. The molecule has 2 aromatic rings. The van der Waals surface area contributed by atoms with Crippen LogP contribution in [-0.4, -0.2) is 13.1 Å². The number of unbranched alkanes of at least 4 members (excludes halogenated alkanes) is 3. The Labute approximate surface area is 166 Å². The number of nitrogens with one attached hydrogen (secondary N) is 1. The van der Waals surface area contributed by atoms with Gasteiger partial charge in [-0.15, -0.1) is 0 Å². The Bertz CT molecular complexity index is 853. The van der Waals surface area contributed by atoms with E-state index in [0.29, 0.717) is 24.1 Å². The summed E-state index contributed by atoms with van der Waals surface area (Å²) >= 11 is 6.28. The van der Waals surface area contributed by atoms with E-state index < -0.39 is 0 Å². The minimum atomic E-state index is -0.298. The molecular formula is C22H30ClNO3. The van der Waals surface area contributed by atoms with Crippen molar-refractivity contribution in [2.24, 2.45) is 0 Å². The van der Waals surface area contributed by atoms with Crippen molar-refractivity contribution in [3.63, 3.8) is 0 Å². The second-order valence-corrected chi connectivity index (χ2v) is 8.24. The molecule has 1 saturated heterocycles. The molecule has 3 rings (SSSR count). The highest BCUT2D eigenvalue weighted by atomic mass is 35.5. The molecule has 1 fully saturated rings. The molecule has 0 bridgehead atoms. The molecule has 148 valence electrons. The van der Waals surface area contributed by atoms with E-state index in [-0.39, 0.29) is 16.4 Å². The second-order valence-electron chi connectivity index (χ2n) is 7.83. The van der Waals surface area contributed by atoms with Crippen molar-refractivity contribution in [1.29, 1.82) is 0 Å². The summed E-state index contributed by atoms with van der Waals surface area (Å²) in [6.45, 7) is 6.79. The van der Waals surface area contributed by atoms with Gasteiger partial charge in [0.1, 0.15) is 12.1 Å². The molecule has 0 unspecified atom stereocenters. The fourth-order valence-electron chi connectivity index (χ4n) is 4.19. The average Bonchev–Trinajstić information content (AvgIpc) is 2.67. The number of halogens is 1. The molecule has 0 radical (unpaired) electrons. The van der Waals surface area contributed by atoms with Gasteiger partial charge in [-0.1, -0.05) is 43.5 Å². The lowest BCUT2D eigenvalue weighted by Crippen LogP contribution is -3.11. The number of rotatable bonds is 7. The second kappa shape index (κ2) is 9.11. The van der Waals surface area contributed by atoms with Crippen LogP contribution < -0.4 is 15.6 Å². The fraction of sp³-hybridized carbons (Fsp3) is 0.591. The summed E-state index contributed by atoms with van der Waals surface area (Å²) in [5.41, 5.74) is 2.35. The molecule has 0 aliphatic carbocycles. The first-order valence-electron chi connectivity index (χ1n) is 10.3. The largest absolute Gasteiger partial charge is 0.871 e. The monoisotopic (exact) mass is 391 g/mol. The SMILES string of the molecule is CCCCCCc1c(C)c2cc(Cl)c([O-])c(C[NH+]3CCCCC3)c2oc1=O. The van der Waals surface area contributed by atoms with Crippen LogP contribution >= 0.6 is 11.6 Å². The van der Waals surface area contributed by atoms with E-state index in [9.17, 15) is 9.90 Å².